The van der Waals surface area contributed by atoms with Gasteiger partial charge in [-0.2, -0.15) is 23.0 Å². The predicted molar refractivity (Wildman–Crippen MR) is 125 cm³/mol. The molecule has 1 aromatic carbocycles. The highest BCUT2D eigenvalue weighted by atomic mass is 35.5. The summed E-state index contributed by atoms with van der Waals surface area (Å²) in [6.45, 7) is 1.33. The minimum absolute atomic E-state index is 0.0235. The molecule has 4 rings (SSSR count). The molecule has 0 radical (unpaired) electrons. The van der Waals surface area contributed by atoms with Gasteiger partial charge in [0.25, 0.3) is 0 Å². The molecule has 0 bridgehead atoms. The highest BCUT2D eigenvalue weighted by Crippen LogP contribution is 2.24. The van der Waals surface area contributed by atoms with Gasteiger partial charge in [0.2, 0.25) is 0 Å². The van der Waals surface area contributed by atoms with E-state index in [1.54, 1.807) is 19.1 Å². The minimum atomic E-state index is -4.96. The monoisotopic (exact) mass is 552 g/mol. The molecule has 200 valence electrons. The normalized spacial score (nSPS) is 13.3. The molecule has 3 heterocycles. The van der Waals surface area contributed by atoms with Gasteiger partial charge in [0, 0.05) is 23.7 Å². The Kier molecular flexibility index (Phi) is 7.59. The third-order valence-electron chi connectivity index (χ3n) is 5.21. The molecule has 12 nitrogen and oxygen atoms in total. The van der Waals surface area contributed by atoms with Crippen LogP contribution in [0.25, 0.3) is 17.2 Å². The Morgan fingerprint density at radius 3 is 2.50 bits per heavy atom. The molecule has 1 N–H and O–H groups in total. The molecule has 0 spiro atoms. The van der Waals surface area contributed by atoms with Crippen LogP contribution in [-0.4, -0.2) is 62.7 Å². The Morgan fingerprint density at radius 2 is 1.89 bits per heavy atom. The fourth-order valence-corrected chi connectivity index (χ4v) is 3.63. The maximum atomic E-state index is 13.1. The third kappa shape index (κ3) is 5.89. The van der Waals surface area contributed by atoms with E-state index in [1.807, 2.05) is 0 Å². The molecule has 38 heavy (non-hydrogen) atoms. The van der Waals surface area contributed by atoms with E-state index in [1.165, 1.54) is 42.1 Å². The third-order valence-corrected chi connectivity index (χ3v) is 5.46. The molecular formula is C22H20ClF3N8O4. The second-order valence-electron chi connectivity index (χ2n) is 8.07. The first-order valence-corrected chi connectivity index (χ1v) is 11.4. The summed E-state index contributed by atoms with van der Waals surface area (Å²) in [6, 6.07) is 9.10. The van der Waals surface area contributed by atoms with Crippen LogP contribution in [-0.2, 0) is 22.6 Å². The minimum Gasteiger partial charge on any atom is -0.455 e. The summed E-state index contributed by atoms with van der Waals surface area (Å²) in [5.74, 6) is -0.271. The van der Waals surface area contributed by atoms with Crippen LogP contribution in [0.15, 0.2) is 47.4 Å². The SMILES string of the molecule is CC(=O)O[C@@H](C)c1nc(Cn2nc(-c3ccc(Cl)cc3)n(C[C@H](O)C(F)(F)F)c2=O)nn1-c1cccnn1. The summed E-state index contributed by atoms with van der Waals surface area (Å²) in [5, 5.41) is 26.3. The number of nitrogens with zero attached hydrogens (tertiary/aromatic N) is 8. The van der Waals surface area contributed by atoms with Crippen molar-refractivity contribution in [3.8, 4) is 17.2 Å². The average molecular weight is 553 g/mol. The van der Waals surface area contributed by atoms with Crippen molar-refractivity contribution in [1.82, 2.24) is 39.3 Å². The van der Waals surface area contributed by atoms with Crippen molar-refractivity contribution in [3.63, 3.8) is 0 Å². The van der Waals surface area contributed by atoms with Gasteiger partial charge >= 0.3 is 17.8 Å². The van der Waals surface area contributed by atoms with Gasteiger partial charge in [-0.3, -0.25) is 9.36 Å². The number of aromatic nitrogens is 8. The fraction of sp³-hybridized carbons (Fsp3) is 0.318. The molecule has 16 heteroatoms. The number of rotatable bonds is 8. The molecule has 2 atom stereocenters. The van der Waals surface area contributed by atoms with E-state index in [-0.39, 0.29) is 29.8 Å². The second-order valence-corrected chi connectivity index (χ2v) is 8.51. The van der Waals surface area contributed by atoms with Crippen LogP contribution >= 0.6 is 11.6 Å². The van der Waals surface area contributed by atoms with Crippen molar-refractivity contribution in [2.24, 2.45) is 0 Å². The zero-order valence-corrected chi connectivity index (χ0v) is 20.6. The van der Waals surface area contributed by atoms with E-state index in [2.05, 4.69) is 25.4 Å². The first kappa shape index (κ1) is 26.9. The molecule has 3 aromatic heterocycles. The number of benzene rings is 1. The lowest BCUT2D eigenvalue weighted by molar-refractivity contribution is -0.207. The van der Waals surface area contributed by atoms with Crippen molar-refractivity contribution < 1.29 is 27.8 Å². The first-order valence-electron chi connectivity index (χ1n) is 11.0. The quantitative estimate of drug-likeness (QED) is 0.326. The Bertz CT molecular complexity index is 1490. The molecular weight excluding hydrogens is 533 g/mol. The van der Waals surface area contributed by atoms with Crippen molar-refractivity contribution in [1.29, 1.82) is 0 Å². The molecule has 0 saturated carbocycles. The zero-order valence-electron chi connectivity index (χ0n) is 19.9. The van der Waals surface area contributed by atoms with Gasteiger partial charge in [0.15, 0.2) is 35.5 Å². The van der Waals surface area contributed by atoms with Gasteiger partial charge in [-0.25, -0.2) is 14.5 Å². The molecule has 0 aliphatic carbocycles. The van der Waals surface area contributed by atoms with Gasteiger partial charge in [0.05, 0.1) is 6.54 Å². The first-order chi connectivity index (χ1) is 17.9. The van der Waals surface area contributed by atoms with Crippen LogP contribution in [0.3, 0.4) is 0 Å². The maximum absolute atomic E-state index is 13.1. The van der Waals surface area contributed by atoms with Crippen molar-refractivity contribution >= 4 is 17.6 Å². The standard InChI is InChI=1S/C22H20ClF3N8O4/c1-12(38-13(2)35)19-28-17(30-34(19)18-4-3-9-27-29-18)11-33-21(37)32(10-16(36)22(24,25)26)20(31-33)14-5-7-15(23)8-6-14/h3-9,12,16,36H,10-11H2,1-2H3/t12-,16-/m0/s1. The van der Waals surface area contributed by atoms with E-state index >= 15 is 0 Å². The molecule has 4 aromatic rings. The number of ether oxygens (including phenoxy) is 1. The van der Waals surface area contributed by atoms with E-state index in [0.717, 1.165) is 4.68 Å². The summed E-state index contributed by atoms with van der Waals surface area (Å²) in [7, 11) is 0. The highest BCUT2D eigenvalue weighted by molar-refractivity contribution is 6.30. The fourth-order valence-electron chi connectivity index (χ4n) is 3.51. The smallest absolute Gasteiger partial charge is 0.416 e. The van der Waals surface area contributed by atoms with Crippen LogP contribution in [0.5, 0.6) is 0 Å². The highest BCUT2D eigenvalue weighted by Gasteiger charge is 2.39. The van der Waals surface area contributed by atoms with E-state index in [4.69, 9.17) is 16.3 Å². The average Bonchev–Trinajstić information content (AvgIpc) is 3.41. The summed E-state index contributed by atoms with van der Waals surface area (Å²) in [5.41, 5.74) is -0.648. The van der Waals surface area contributed by atoms with E-state index in [9.17, 15) is 27.9 Å². The van der Waals surface area contributed by atoms with Crippen molar-refractivity contribution in [2.75, 3.05) is 0 Å². The van der Waals surface area contributed by atoms with E-state index < -0.39 is 36.6 Å². The van der Waals surface area contributed by atoms with Crippen LogP contribution in [0.2, 0.25) is 5.02 Å². The van der Waals surface area contributed by atoms with Crippen LogP contribution < -0.4 is 5.69 Å². The van der Waals surface area contributed by atoms with Gasteiger partial charge in [-0.1, -0.05) is 11.6 Å². The van der Waals surface area contributed by atoms with Gasteiger partial charge in [-0.05, 0) is 43.3 Å². The number of aliphatic hydroxyl groups is 1. The number of hydrogen-bond donors (Lipinski definition) is 1. The Hall–Kier alpha value is -4.11. The molecule has 0 aliphatic rings. The van der Waals surface area contributed by atoms with Crippen molar-refractivity contribution in [2.45, 2.75) is 45.3 Å². The Morgan fingerprint density at radius 1 is 1.18 bits per heavy atom. The topological polar surface area (TPSA) is 143 Å². The second kappa shape index (κ2) is 10.7. The van der Waals surface area contributed by atoms with Gasteiger partial charge in [0.1, 0.15) is 6.54 Å². The molecule has 0 fully saturated rings. The van der Waals surface area contributed by atoms with Gasteiger partial charge < -0.3 is 9.84 Å². The number of esters is 1. The van der Waals surface area contributed by atoms with E-state index in [0.29, 0.717) is 15.2 Å². The largest absolute Gasteiger partial charge is 0.455 e. The summed E-state index contributed by atoms with van der Waals surface area (Å²) in [6.07, 6.45) is -7.20. The molecule has 0 aliphatic heterocycles. The summed E-state index contributed by atoms with van der Waals surface area (Å²) >= 11 is 5.91. The lowest BCUT2D eigenvalue weighted by atomic mass is 10.2. The van der Waals surface area contributed by atoms with Crippen LogP contribution in [0, 0.1) is 0 Å². The summed E-state index contributed by atoms with van der Waals surface area (Å²) < 4.78 is 47.4. The lowest BCUT2D eigenvalue weighted by Gasteiger charge is -2.15. The number of halogens is 4. The predicted octanol–water partition coefficient (Wildman–Crippen LogP) is 2.33. The molecule has 0 saturated heterocycles. The molecule has 0 unspecified atom stereocenters. The van der Waals surface area contributed by atoms with Gasteiger partial charge in [-0.15, -0.1) is 15.3 Å². The van der Waals surface area contributed by atoms with Crippen LogP contribution in [0.4, 0.5) is 13.2 Å². The van der Waals surface area contributed by atoms with Crippen LogP contribution in [0.1, 0.15) is 31.6 Å². The maximum Gasteiger partial charge on any atom is 0.416 e. The lowest BCUT2D eigenvalue weighted by Crippen LogP contribution is -2.37. The number of carbonyl (C=O) groups is 1. The Labute approximate surface area is 217 Å². The zero-order chi connectivity index (χ0) is 27.6. The number of hydrogen-bond acceptors (Lipinski definition) is 9. The molecule has 0 amide bonds. The number of aliphatic hydroxyl groups excluding tert-OH is 1. The Balaban J connectivity index is 1.77. The number of alkyl halides is 3. The number of carbonyl (C=O) groups excluding carboxylic acids is 1. The summed E-state index contributed by atoms with van der Waals surface area (Å²) in [4.78, 5) is 29.0. The van der Waals surface area contributed by atoms with Crippen molar-refractivity contribution in [3.05, 3.63) is 69.8 Å².